The Morgan fingerprint density at radius 2 is 0.741 bits per heavy atom. The van der Waals surface area contributed by atoms with Crippen LogP contribution < -0.4 is 5.32 Å². The molecule has 1 aliphatic rings. The van der Waals surface area contributed by atoms with Crippen molar-refractivity contribution in [3.05, 3.63) is 158 Å². The highest BCUT2D eigenvalue weighted by Crippen LogP contribution is 2.23. The molecule has 0 aromatic rings. The zero-order chi connectivity index (χ0) is 61.4. The molecule has 85 heavy (non-hydrogen) atoms. The molecular weight excluding hydrogens is 1050 g/mol. The maximum Gasteiger partial charge on any atom is 0.220 e. The zero-order valence-corrected chi connectivity index (χ0v) is 53.8. The fourth-order valence-electron chi connectivity index (χ4n) is 9.75. The molecule has 1 saturated heterocycles. The first-order valence-corrected chi connectivity index (χ1v) is 34.2. The summed E-state index contributed by atoms with van der Waals surface area (Å²) in [6, 6.07) is -0.846. The molecule has 0 aliphatic carbocycles. The van der Waals surface area contributed by atoms with Gasteiger partial charge in [0, 0.05) is 6.42 Å². The lowest BCUT2D eigenvalue weighted by Crippen LogP contribution is -2.60. The highest BCUT2D eigenvalue weighted by molar-refractivity contribution is 5.76. The lowest BCUT2D eigenvalue weighted by atomic mass is 9.99. The van der Waals surface area contributed by atoms with Crippen molar-refractivity contribution in [3.8, 4) is 0 Å². The Labute approximate surface area is 520 Å². The number of aliphatic hydroxyl groups is 5. The van der Waals surface area contributed by atoms with Crippen LogP contribution in [0.3, 0.4) is 0 Å². The molecular formula is C76H125NO8. The average Bonchev–Trinajstić information content (AvgIpc) is 3.66. The Morgan fingerprint density at radius 1 is 0.412 bits per heavy atom. The Balaban J connectivity index is 2.20. The van der Waals surface area contributed by atoms with Gasteiger partial charge in [-0.1, -0.05) is 287 Å². The number of carbonyl (C=O) groups excluding carboxylic acids is 1. The fraction of sp³-hybridized carbons (Fsp3) is 0.645. The summed E-state index contributed by atoms with van der Waals surface area (Å²) in [5.74, 6) is -0.205. The molecule has 1 amide bonds. The van der Waals surface area contributed by atoms with Crippen molar-refractivity contribution in [1.29, 1.82) is 0 Å². The molecule has 0 spiro atoms. The number of ether oxygens (including phenoxy) is 2. The van der Waals surface area contributed by atoms with E-state index < -0.39 is 49.5 Å². The first kappa shape index (κ1) is 78.8. The largest absolute Gasteiger partial charge is 0.394 e. The van der Waals surface area contributed by atoms with Crippen molar-refractivity contribution >= 4 is 5.91 Å². The van der Waals surface area contributed by atoms with E-state index in [1.807, 2.05) is 6.08 Å². The standard InChI is InChI=1S/C76H125NO8/c1-3-5-7-9-11-13-15-17-19-21-23-25-27-28-29-30-31-32-33-34-35-36-37-38-39-40-41-42-44-46-48-50-52-54-56-58-60-62-64-66-72(80)77-69(68-84-76-75(83)74(82)73(81)71(67-78)85-76)70(79)65-63-61-59-57-55-53-51-49-47-45-43-26-24-22-20-18-16-14-12-10-8-6-4-2/h5,7,11,13,17,19,23,25,28-29,31-32,34-35,37-38,40-41,44,46-47,49,55,57,63,65,69-71,73-76,78-79,81-83H,3-4,6,8-10,12,14-16,18,20-22,24,26-27,30,33,36,39,42-43,45,48,50-54,56,58-62,64,66-68H2,1-2H3,(H,77,80)/b7-5-,13-11-,19-17-,25-23-,29-28-,32-31-,35-34-,38-37-,41-40-,46-44-,49-47+,57-55+,65-63+. The van der Waals surface area contributed by atoms with Crippen LogP contribution in [0.2, 0.25) is 0 Å². The van der Waals surface area contributed by atoms with Crippen molar-refractivity contribution in [2.75, 3.05) is 13.2 Å². The van der Waals surface area contributed by atoms with Gasteiger partial charge in [-0.05, 0) is 122 Å². The molecule has 1 fully saturated rings. The minimum Gasteiger partial charge on any atom is -0.394 e. The minimum atomic E-state index is -1.59. The number of unbranched alkanes of at least 4 members (excludes halogenated alkanes) is 23. The van der Waals surface area contributed by atoms with E-state index in [0.29, 0.717) is 6.42 Å². The molecule has 1 rings (SSSR count). The van der Waals surface area contributed by atoms with Crippen LogP contribution in [0.5, 0.6) is 0 Å². The molecule has 0 radical (unpaired) electrons. The van der Waals surface area contributed by atoms with Gasteiger partial charge < -0.3 is 40.3 Å². The predicted octanol–water partition coefficient (Wildman–Crippen LogP) is 18.7. The fourth-order valence-corrected chi connectivity index (χ4v) is 9.75. The number of hydrogen-bond donors (Lipinski definition) is 6. The van der Waals surface area contributed by atoms with Crippen LogP contribution in [-0.2, 0) is 14.3 Å². The number of allylic oxidation sites excluding steroid dienone is 25. The van der Waals surface area contributed by atoms with Gasteiger partial charge in [0.15, 0.2) is 6.29 Å². The summed E-state index contributed by atoms with van der Waals surface area (Å²) in [5, 5.41) is 54.7. The van der Waals surface area contributed by atoms with Gasteiger partial charge in [-0.2, -0.15) is 0 Å². The van der Waals surface area contributed by atoms with Gasteiger partial charge in [0.05, 0.1) is 25.4 Å². The van der Waals surface area contributed by atoms with Crippen LogP contribution >= 0.6 is 0 Å². The summed E-state index contributed by atoms with van der Waals surface area (Å²) < 4.78 is 11.3. The summed E-state index contributed by atoms with van der Waals surface area (Å²) in [6.07, 6.45) is 91.9. The van der Waals surface area contributed by atoms with Crippen LogP contribution in [0.15, 0.2) is 158 Å². The molecule has 7 atom stereocenters. The van der Waals surface area contributed by atoms with Crippen molar-refractivity contribution in [1.82, 2.24) is 5.32 Å². The molecule has 0 bridgehead atoms. The quantitative estimate of drug-likeness (QED) is 0.0261. The smallest absolute Gasteiger partial charge is 0.220 e. The number of hydrogen-bond acceptors (Lipinski definition) is 8. The second-order valence-electron chi connectivity index (χ2n) is 22.9. The van der Waals surface area contributed by atoms with Gasteiger partial charge in [0.25, 0.3) is 0 Å². The first-order chi connectivity index (χ1) is 41.8. The summed E-state index contributed by atoms with van der Waals surface area (Å²) in [7, 11) is 0. The van der Waals surface area contributed by atoms with Crippen LogP contribution in [0.4, 0.5) is 0 Å². The van der Waals surface area contributed by atoms with E-state index in [1.54, 1.807) is 6.08 Å². The number of aliphatic hydroxyl groups excluding tert-OH is 5. The number of nitrogens with one attached hydrogen (secondary N) is 1. The minimum absolute atomic E-state index is 0.205. The number of amides is 1. The molecule has 1 aliphatic heterocycles. The summed E-state index contributed by atoms with van der Waals surface area (Å²) >= 11 is 0. The molecule has 482 valence electrons. The molecule has 1 heterocycles. The monoisotopic (exact) mass is 1180 g/mol. The van der Waals surface area contributed by atoms with Gasteiger partial charge in [-0.15, -0.1) is 0 Å². The lowest BCUT2D eigenvalue weighted by Gasteiger charge is -2.40. The normalized spacial score (nSPS) is 19.2. The SMILES string of the molecule is CC/C=C\C/C=C\C/C=C\C/C=C\C/C=C\C/C=C\C/C=C\C/C=C\C/C=C\C/C=C\CCCCCCCCCCC(=O)NC(COC1OC(CO)C(O)C(O)C1O)C(O)/C=C/CC/C=C/CC/C=C/CCCCCCCCCCCCCCC. The van der Waals surface area contributed by atoms with E-state index in [4.69, 9.17) is 9.47 Å². The summed E-state index contributed by atoms with van der Waals surface area (Å²) in [4.78, 5) is 13.1. The Kier molecular flexibility index (Phi) is 58.3. The second kappa shape index (κ2) is 62.8. The van der Waals surface area contributed by atoms with Gasteiger partial charge in [0.1, 0.15) is 24.4 Å². The van der Waals surface area contributed by atoms with Crippen LogP contribution in [0, 0.1) is 0 Å². The van der Waals surface area contributed by atoms with Crippen molar-refractivity contribution in [3.63, 3.8) is 0 Å². The lowest BCUT2D eigenvalue weighted by molar-refractivity contribution is -0.302. The van der Waals surface area contributed by atoms with Crippen molar-refractivity contribution in [2.24, 2.45) is 0 Å². The van der Waals surface area contributed by atoms with E-state index in [1.165, 1.54) is 109 Å². The molecule has 0 aromatic carbocycles. The molecule has 9 heteroatoms. The van der Waals surface area contributed by atoms with Gasteiger partial charge in [0.2, 0.25) is 5.91 Å². The summed E-state index contributed by atoms with van der Waals surface area (Å²) in [6.45, 7) is 3.64. The Hall–Kier alpha value is -4.19. The van der Waals surface area contributed by atoms with Gasteiger partial charge >= 0.3 is 0 Å². The van der Waals surface area contributed by atoms with E-state index in [9.17, 15) is 30.3 Å². The van der Waals surface area contributed by atoms with E-state index in [2.05, 4.69) is 165 Å². The first-order valence-electron chi connectivity index (χ1n) is 34.2. The van der Waals surface area contributed by atoms with Crippen LogP contribution in [0.1, 0.15) is 258 Å². The van der Waals surface area contributed by atoms with Gasteiger partial charge in [-0.25, -0.2) is 0 Å². The van der Waals surface area contributed by atoms with Crippen molar-refractivity contribution < 1.29 is 39.8 Å². The average molecular weight is 1180 g/mol. The maximum absolute atomic E-state index is 13.1. The molecule has 0 aromatic heterocycles. The van der Waals surface area contributed by atoms with E-state index in [-0.39, 0.29) is 12.5 Å². The summed E-state index contributed by atoms with van der Waals surface area (Å²) in [5.41, 5.74) is 0. The molecule has 7 unspecified atom stereocenters. The molecule has 9 nitrogen and oxygen atoms in total. The van der Waals surface area contributed by atoms with E-state index in [0.717, 1.165) is 128 Å². The third kappa shape index (κ3) is 51.6. The van der Waals surface area contributed by atoms with Gasteiger partial charge in [-0.3, -0.25) is 4.79 Å². The Bertz CT molecular complexity index is 1900. The van der Waals surface area contributed by atoms with E-state index >= 15 is 0 Å². The topological polar surface area (TPSA) is 149 Å². The predicted molar refractivity (Wildman–Crippen MR) is 363 cm³/mol. The third-order valence-corrected chi connectivity index (χ3v) is 15.1. The highest BCUT2D eigenvalue weighted by atomic mass is 16.7. The third-order valence-electron chi connectivity index (χ3n) is 15.1. The second-order valence-corrected chi connectivity index (χ2v) is 22.9. The van der Waals surface area contributed by atoms with Crippen LogP contribution in [0.25, 0.3) is 0 Å². The maximum atomic E-state index is 13.1. The molecule has 6 N–H and O–H groups in total. The molecule has 0 saturated carbocycles. The van der Waals surface area contributed by atoms with Crippen molar-refractivity contribution in [2.45, 2.75) is 301 Å². The number of carbonyl (C=O) groups is 1. The number of rotatable bonds is 57. The zero-order valence-electron chi connectivity index (χ0n) is 53.8. The highest BCUT2D eigenvalue weighted by Gasteiger charge is 2.44. The Morgan fingerprint density at radius 3 is 1.13 bits per heavy atom. The van der Waals surface area contributed by atoms with Crippen LogP contribution in [-0.4, -0.2) is 87.5 Å².